The third-order valence-corrected chi connectivity index (χ3v) is 2.78. The molecule has 0 saturated carbocycles. The maximum atomic E-state index is 6.01. The van der Waals surface area contributed by atoms with Gasteiger partial charge in [0.25, 0.3) is 0 Å². The van der Waals surface area contributed by atoms with Gasteiger partial charge in [0.15, 0.2) is 0 Å². The first-order chi connectivity index (χ1) is 7.81. The average molecular weight is 218 g/mol. The fraction of sp³-hybridized carbons (Fsp3) is 0.385. The van der Waals surface area contributed by atoms with Crippen LogP contribution >= 0.6 is 0 Å². The third kappa shape index (κ3) is 2.43. The second kappa shape index (κ2) is 5.14. The highest BCUT2D eigenvalue weighted by Gasteiger charge is 2.17. The van der Waals surface area contributed by atoms with Gasteiger partial charge in [-0.05, 0) is 11.6 Å². The summed E-state index contributed by atoms with van der Waals surface area (Å²) in [5.74, 6) is 0.941. The van der Waals surface area contributed by atoms with Crippen molar-refractivity contribution in [1.29, 1.82) is 0 Å². The number of benzene rings is 1. The lowest BCUT2D eigenvalue weighted by Gasteiger charge is -2.23. The molecular weight excluding hydrogens is 200 g/mol. The van der Waals surface area contributed by atoms with E-state index >= 15 is 0 Å². The summed E-state index contributed by atoms with van der Waals surface area (Å²) >= 11 is 0. The van der Waals surface area contributed by atoms with E-state index in [0.717, 1.165) is 37.4 Å². The molecule has 1 atom stereocenters. The molecule has 0 aromatic heterocycles. The van der Waals surface area contributed by atoms with Crippen molar-refractivity contribution in [1.82, 2.24) is 5.32 Å². The Bertz CT molecular complexity index is 376. The quantitative estimate of drug-likeness (QED) is 0.598. The summed E-state index contributed by atoms with van der Waals surface area (Å²) in [6.07, 6.45) is 2.76. The van der Waals surface area contributed by atoms with Gasteiger partial charge in [-0.3, -0.25) is 0 Å². The zero-order valence-corrected chi connectivity index (χ0v) is 9.41. The van der Waals surface area contributed by atoms with Crippen molar-refractivity contribution < 1.29 is 4.74 Å². The molecule has 3 heteroatoms. The van der Waals surface area contributed by atoms with Crippen LogP contribution in [0.5, 0.6) is 5.75 Å². The molecule has 1 aromatic rings. The lowest BCUT2D eigenvalue weighted by atomic mass is 10.00. The minimum absolute atomic E-state index is 0.124. The Kier molecular flexibility index (Phi) is 3.59. The molecule has 0 bridgehead atoms. The molecule has 1 aliphatic heterocycles. The van der Waals surface area contributed by atoms with E-state index in [4.69, 9.17) is 10.5 Å². The Morgan fingerprint density at radius 2 is 2.44 bits per heavy atom. The normalized spacial score (nSPS) is 18.7. The number of hydrogen-bond acceptors (Lipinski definition) is 3. The van der Waals surface area contributed by atoms with Crippen LogP contribution in [0.4, 0.5) is 0 Å². The standard InChI is InChI=1S/C13H18N2O/c1-2-6-15-9-10-3-4-11-12(14)5-7-16-13(11)8-10/h2-4,8,12,15H,1,5-7,9,14H2. The van der Waals surface area contributed by atoms with Crippen LogP contribution in [0.25, 0.3) is 0 Å². The fourth-order valence-corrected chi connectivity index (χ4v) is 1.89. The molecule has 1 aliphatic rings. The van der Waals surface area contributed by atoms with Crippen LogP contribution in [0.3, 0.4) is 0 Å². The predicted molar refractivity (Wildman–Crippen MR) is 65.4 cm³/mol. The molecule has 16 heavy (non-hydrogen) atoms. The maximum absolute atomic E-state index is 6.01. The number of ether oxygens (including phenoxy) is 1. The molecule has 2 rings (SSSR count). The molecule has 0 radical (unpaired) electrons. The van der Waals surface area contributed by atoms with E-state index in [1.165, 1.54) is 5.56 Å². The number of nitrogens with one attached hydrogen (secondary N) is 1. The van der Waals surface area contributed by atoms with Crippen molar-refractivity contribution >= 4 is 0 Å². The largest absolute Gasteiger partial charge is 0.493 e. The Hall–Kier alpha value is -1.32. The predicted octanol–water partition coefficient (Wildman–Crippen LogP) is 1.74. The van der Waals surface area contributed by atoms with Crippen LogP contribution in [-0.4, -0.2) is 13.2 Å². The number of hydrogen-bond donors (Lipinski definition) is 2. The lowest BCUT2D eigenvalue weighted by Crippen LogP contribution is -2.21. The first-order valence-corrected chi connectivity index (χ1v) is 5.64. The highest BCUT2D eigenvalue weighted by Crippen LogP contribution is 2.31. The third-order valence-electron chi connectivity index (χ3n) is 2.78. The number of fused-ring (bicyclic) bond motifs is 1. The molecule has 3 nitrogen and oxygen atoms in total. The van der Waals surface area contributed by atoms with Crippen molar-refractivity contribution in [2.45, 2.75) is 19.0 Å². The summed E-state index contributed by atoms with van der Waals surface area (Å²) in [5.41, 5.74) is 8.35. The molecule has 0 aliphatic carbocycles. The van der Waals surface area contributed by atoms with Crippen LogP contribution < -0.4 is 15.8 Å². The highest BCUT2D eigenvalue weighted by molar-refractivity contribution is 5.40. The van der Waals surface area contributed by atoms with E-state index < -0.39 is 0 Å². The molecule has 3 N–H and O–H groups in total. The van der Waals surface area contributed by atoms with Crippen molar-refractivity contribution in [2.24, 2.45) is 5.73 Å². The molecule has 1 aromatic carbocycles. The summed E-state index contributed by atoms with van der Waals surface area (Å²) in [6.45, 7) is 6.04. The van der Waals surface area contributed by atoms with Crippen LogP contribution in [-0.2, 0) is 6.54 Å². The summed E-state index contributed by atoms with van der Waals surface area (Å²) in [7, 11) is 0. The highest BCUT2D eigenvalue weighted by atomic mass is 16.5. The first-order valence-electron chi connectivity index (χ1n) is 5.64. The lowest BCUT2D eigenvalue weighted by molar-refractivity contribution is 0.268. The van der Waals surface area contributed by atoms with Gasteiger partial charge in [0, 0.05) is 31.1 Å². The number of nitrogens with two attached hydrogens (primary N) is 1. The average Bonchev–Trinajstić information content (AvgIpc) is 2.30. The van der Waals surface area contributed by atoms with Crippen LogP contribution in [0, 0.1) is 0 Å². The van der Waals surface area contributed by atoms with Crippen LogP contribution in [0.15, 0.2) is 30.9 Å². The van der Waals surface area contributed by atoms with Gasteiger partial charge in [-0.1, -0.05) is 18.2 Å². The molecule has 0 amide bonds. The van der Waals surface area contributed by atoms with Crippen LogP contribution in [0.1, 0.15) is 23.6 Å². The van der Waals surface area contributed by atoms with E-state index in [9.17, 15) is 0 Å². The van der Waals surface area contributed by atoms with Gasteiger partial charge in [0.1, 0.15) is 5.75 Å². The maximum Gasteiger partial charge on any atom is 0.124 e. The van der Waals surface area contributed by atoms with E-state index in [1.807, 2.05) is 6.08 Å². The summed E-state index contributed by atoms with van der Waals surface area (Å²) in [6, 6.07) is 6.37. The summed E-state index contributed by atoms with van der Waals surface area (Å²) in [5, 5.41) is 3.26. The van der Waals surface area contributed by atoms with Gasteiger partial charge in [0.2, 0.25) is 0 Å². The van der Waals surface area contributed by atoms with Gasteiger partial charge in [-0.2, -0.15) is 0 Å². The molecule has 86 valence electrons. The molecule has 1 unspecified atom stereocenters. The second-order valence-corrected chi connectivity index (χ2v) is 4.04. The smallest absolute Gasteiger partial charge is 0.124 e. The molecular formula is C13H18N2O. The zero-order valence-electron chi connectivity index (χ0n) is 9.41. The van der Waals surface area contributed by atoms with Crippen molar-refractivity contribution in [3.63, 3.8) is 0 Å². The SMILES string of the molecule is C=CCNCc1ccc2c(c1)OCCC2N. The van der Waals surface area contributed by atoms with E-state index in [-0.39, 0.29) is 6.04 Å². The van der Waals surface area contributed by atoms with Gasteiger partial charge in [-0.15, -0.1) is 6.58 Å². The molecule has 0 spiro atoms. The molecule has 0 saturated heterocycles. The second-order valence-electron chi connectivity index (χ2n) is 4.04. The summed E-state index contributed by atoms with van der Waals surface area (Å²) < 4.78 is 5.61. The van der Waals surface area contributed by atoms with Gasteiger partial charge < -0.3 is 15.8 Å². The van der Waals surface area contributed by atoms with Crippen molar-refractivity contribution in [3.8, 4) is 5.75 Å². The Balaban J connectivity index is 2.09. The van der Waals surface area contributed by atoms with Crippen molar-refractivity contribution in [2.75, 3.05) is 13.2 Å². The minimum Gasteiger partial charge on any atom is -0.493 e. The molecule has 1 heterocycles. The minimum atomic E-state index is 0.124. The Morgan fingerprint density at radius 3 is 3.25 bits per heavy atom. The van der Waals surface area contributed by atoms with Gasteiger partial charge in [-0.25, -0.2) is 0 Å². The van der Waals surface area contributed by atoms with E-state index in [0.29, 0.717) is 0 Å². The van der Waals surface area contributed by atoms with E-state index in [1.54, 1.807) is 0 Å². The van der Waals surface area contributed by atoms with E-state index in [2.05, 4.69) is 30.1 Å². The fourth-order valence-electron chi connectivity index (χ4n) is 1.89. The van der Waals surface area contributed by atoms with Gasteiger partial charge >= 0.3 is 0 Å². The first kappa shape index (κ1) is 11.2. The zero-order chi connectivity index (χ0) is 11.4. The van der Waals surface area contributed by atoms with Crippen LogP contribution in [0.2, 0.25) is 0 Å². The monoisotopic (exact) mass is 218 g/mol. The number of rotatable bonds is 4. The Labute approximate surface area is 96.3 Å². The topological polar surface area (TPSA) is 47.3 Å². The summed E-state index contributed by atoms with van der Waals surface area (Å²) in [4.78, 5) is 0. The van der Waals surface area contributed by atoms with Crippen molar-refractivity contribution in [3.05, 3.63) is 42.0 Å². The van der Waals surface area contributed by atoms with Gasteiger partial charge in [0.05, 0.1) is 6.61 Å². The Morgan fingerprint density at radius 1 is 1.56 bits per heavy atom. The molecule has 0 fully saturated rings.